The molecule has 7 heteroatoms. The topological polar surface area (TPSA) is 46.6 Å². The van der Waals surface area contributed by atoms with Gasteiger partial charge in [0.05, 0.1) is 23.7 Å². The van der Waals surface area contributed by atoms with E-state index in [9.17, 15) is 8.42 Å². The zero-order chi connectivity index (χ0) is 21.2. The van der Waals surface area contributed by atoms with E-state index >= 15 is 0 Å². The zero-order valence-corrected chi connectivity index (χ0v) is 19.4. The van der Waals surface area contributed by atoms with Crippen molar-refractivity contribution >= 4 is 43.2 Å². The summed E-state index contributed by atoms with van der Waals surface area (Å²) in [6.45, 7) is 3.70. The third-order valence-corrected chi connectivity index (χ3v) is 7.56. The number of halogens is 2. The van der Waals surface area contributed by atoms with Gasteiger partial charge in [0.25, 0.3) is 10.0 Å². The number of aryl methyl sites for hydroxylation is 1. The summed E-state index contributed by atoms with van der Waals surface area (Å²) in [6.07, 6.45) is 0. The number of anilines is 1. The normalized spacial score (nSPS) is 12.4. The molecular weight excluding hydrogens is 474 g/mol. The first-order valence-electron chi connectivity index (χ1n) is 8.94. The highest BCUT2D eigenvalue weighted by Gasteiger charge is 2.30. The zero-order valence-electron chi connectivity index (χ0n) is 16.3. The Kier molecular flexibility index (Phi) is 6.56. The van der Waals surface area contributed by atoms with Crippen LogP contribution in [0.3, 0.4) is 0 Å². The molecule has 3 aromatic rings. The molecule has 0 aliphatic rings. The van der Waals surface area contributed by atoms with E-state index in [0.717, 1.165) is 15.6 Å². The fourth-order valence-electron chi connectivity index (χ4n) is 3.02. The number of ether oxygens (including phenoxy) is 1. The molecule has 0 bridgehead atoms. The maximum Gasteiger partial charge on any atom is 0.264 e. The van der Waals surface area contributed by atoms with Crippen LogP contribution in [0.4, 0.5) is 5.69 Å². The standard InChI is InChI=1S/C22H21BrClNO3S/c1-15-4-13-21(14-22(15)24)29(26,27)25(19-9-7-18(23)8-10-19)16(2)17-5-11-20(28-3)12-6-17/h4-14,16H,1-3H3. The van der Waals surface area contributed by atoms with Gasteiger partial charge >= 0.3 is 0 Å². The van der Waals surface area contributed by atoms with Crippen LogP contribution in [0, 0.1) is 6.92 Å². The van der Waals surface area contributed by atoms with Crippen molar-refractivity contribution in [1.82, 2.24) is 0 Å². The molecule has 0 heterocycles. The molecule has 0 spiro atoms. The molecule has 0 N–H and O–H groups in total. The van der Waals surface area contributed by atoms with Crippen molar-refractivity contribution in [2.45, 2.75) is 24.8 Å². The van der Waals surface area contributed by atoms with Gasteiger partial charge < -0.3 is 4.74 Å². The van der Waals surface area contributed by atoms with Gasteiger partial charge in [-0.05, 0) is 73.5 Å². The molecule has 1 atom stereocenters. The Bertz CT molecular complexity index is 1100. The number of benzene rings is 3. The number of hydrogen-bond acceptors (Lipinski definition) is 3. The summed E-state index contributed by atoms with van der Waals surface area (Å²) < 4.78 is 34.8. The van der Waals surface area contributed by atoms with Crippen molar-refractivity contribution in [2.24, 2.45) is 0 Å². The third-order valence-electron chi connectivity index (χ3n) is 4.73. The summed E-state index contributed by atoms with van der Waals surface area (Å²) >= 11 is 9.62. The Morgan fingerprint density at radius 3 is 2.17 bits per heavy atom. The second kappa shape index (κ2) is 8.78. The van der Waals surface area contributed by atoms with Gasteiger partial charge in [0.2, 0.25) is 0 Å². The van der Waals surface area contributed by atoms with E-state index in [4.69, 9.17) is 16.3 Å². The predicted molar refractivity (Wildman–Crippen MR) is 121 cm³/mol. The van der Waals surface area contributed by atoms with Crippen molar-refractivity contribution in [1.29, 1.82) is 0 Å². The fraction of sp³-hybridized carbons (Fsp3) is 0.182. The second-order valence-corrected chi connectivity index (χ2v) is 9.78. The molecule has 152 valence electrons. The molecule has 4 nitrogen and oxygen atoms in total. The number of methoxy groups -OCH3 is 1. The summed E-state index contributed by atoms with van der Waals surface area (Å²) in [7, 11) is -2.27. The van der Waals surface area contributed by atoms with Gasteiger partial charge in [0, 0.05) is 9.50 Å². The van der Waals surface area contributed by atoms with Crippen molar-refractivity contribution in [2.75, 3.05) is 11.4 Å². The lowest BCUT2D eigenvalue weighted by Gasteiger charge is -2.31. The van der Waals surface area contributed by atoms with Gasteiger partial charge in [-0.1, -0.05) is 45.7 Å². The maximum absolute atomic E-state index is 13.7. The Morgan fingerprint density at radius 2 is 1.62 bits per heavy atom. The van der Waals surface area contributed by atoms with Crippen molar-refractivity contribution < 1.29 is 13.2 Å². The molecule has 3 rings (SSSR count). The Hall–Kier alpha value is -2.02. The molecule has 0 saturated carbocycles. The highest BCUT2D eigenvalue weighted by Crippen LogP contribution is 2.35. The predicted octanol–water partition coefficient (Wildman–Crippen LogP) is 6.38. The summed E-state index contributed by atoms with van der Waals surface area (Å²) in [5.41, 5.74) is 2.23. The van der Waals surface area contributed by atoms with E-state index in [1.807, 2.05) is 50.2 Å². The highest BCUT2D eigenvalue weighted by molar-refractivity contribution is 9.10. The summed E-state index contributed by atoms with van der Waals surface area (Å²) in [5.74, 6) is 0.712. The van der Waals surface area contributed by atoms with Crippen LogP contribution < -0.4 is 9.04 Å². The van der Waals surface area contributed by atoms with Gasteiger partial charge in [-0.25, -0.2) is 8.42 Å². The summed E-state index contributed by atoms with van der Waals surface area (Å²) in [6, 6.07) is 18.9. The lowest BCUT2D eigenvalue weighted by Crippen LogP contribution is -2.33. The molecule has 0 radical (unpaired) electrons. The third kappa shape index (κ3) is 4.60. The molecule has 29 heavy (non-hydrogen) atoms. The van der Waals surface area contributed by atoms with Gasteiger partial charge in [0.1, 0.15) is 5.75 Å². The first-order chi connectivity index (χ1) is 13.7. The monoisotopic (exact) mass is 493 g/mol. The lowest BCUT2D eigenvalue weighted by atomic mass is 10.1. The van der Waals surface area contributed by atoms with Crippen LogP contribution in [0.5, 0.6) is 5.75 Å². The lowest BCUT2D eigenvalue weighted by molar-refractivity contribution is 0.414. The van der Waals surface area contributed by atoms with Crippen LogP contribution in [0.2, 0.25) is 5.02 Å². The van der Waals surface area contributed by atoms with Crippen LogP contribution in [0.15, 0.2) is 76.1 Å². The van der Waals surface area contributed by atoms with E-state index in [1.54, 1.807) is 31.4 Å². The van der Waals surface area contributed by atoms with Gasteiger partial charge in [0.15, 0.2) is 0 Å². The smallest absolute Gasteiger partial charge is 0.264 e. The molecule has 0 aliphatic heterocycles. The molecule has 1 unspecified atom stereocenters. The van der Waals surface area contributed by atoms with Crippen LogP contribution >= 0.6 is 27.5 Å². The first-order valence-corrected chi connectivity index (χ1v) is 11.5. The molecule has 3 aromatic carbocycles. The van der Waals surface area contributed by atoms with Gasteiger partial charge in [-0.15, -0.1) is 0 Å². The molecule has 0 aromatic heterocycles. The minimum atomic E-state index is -3.87. The Labute approximate surface area is 185 Å². The summed E-state index contributed by atoms with van der Waals surface area (Å²) in [5, 5.41) is 0.416. The van der Waals surface area contributed by atoms with Crippen LogP contribution in [0.1, 0.15) is 24.1 Å². The molecule has 0 amide bonds. The van der Waals surface area contributed by atoms with Gasteiger partial charge in [-0.2, -0.15) is 0 Å². The number of hydrogen-bond donors (Lipinski definition) is 0. The summed E-state index contributed by atoms with van der Waals surface area (Å²) in [4.78, 5) is 0.149. The van der Waals surface area contributed by atoms with E-state index < -0.39 is 16.1 Å². The average molecular weight is 495 g/mol. The Balaban J connectivity index is 2.13. The van der Waals surface area contributed by atoms with Crippen molar-refractivity contribution in [3.63, 3.8) is 0 Å². The van der Waals surface area contributed by atoms with E-state index in [-0.39, 0.29) is 4.90 Å². The largest absolute Gasteiger partial charge is 0.497 e. The minimum absolute atomic E-state index is 0.149. The molecule has 0 fully saturated rings. The van der Waals surface area contributed by atoms with Crippen LogP contribution in [0.25, 0.3) is 0 Å². The molecule has 0 saturated heterocycles. The van der Waals surface area contributed by atoms with Crippen LogP contribution in [-0.4, -0.2) is 15.5 Å². The number of nitrogens with zero attached hydrogens (tertiary/aromatic N) is 1. The van der Waals surface area contributed by atoms with Crippen molar-refractivity contribution in [3.8, 4) is 5.75 Å². The first kappa shape index (κ1) is 21.7. The Morgan fingerprint density at radius 1 is 1.00 bits per heavy atom. The number of sulfonamides is 1. The highest BCUT2D eigenvalue weighted by atomic mass is 79.9. The van der Waals surface area contributed by atoms with Gasteiger partial charge in [-0.3, -0.25) is 4.31 Å². The van der Waals surface area contributed by atoms with E-state index in [1.165, 1.54) is 10.4 Å². The maximum atomic E-state index is 13.7. The number of rotatable bonds is 6. The minimum Gasteiger partial charge on any atom is -0.497 e. The molecular formula is C22H21BrClNO3S. The average Bonchev–Trinajstić information content (AvgIpc) is 2.71. The van der Waals surface area contributed by atoms with E-state index in [0.29, 0.717) is 16.5 Å². The van der Waals surface area contributed by atoms with Crippen LogP contribution in [-0.2, 0) is 10.0 Å². The second-order valence-electron chi connectivity index (χ2n) is 6.64. The van der Waals surface area contributed by atoms with Crippen molar-refractivity contribution in [3.05, 3.63) is 87.4 Å². The fourth-order valence-corrected chi connectivity index (χ4v) is 5.20. The molecule has 0 aliphatic carbocycles. The SMILES string of the molecule is COc1ccc(C(C)N(c2ccc(Br)cc2)S(=O)(=O)c2ccc(C)c(Cl)c2)cc1. The quantitative estimate of drug-likeness (QED) is 0.400. The van der Waals surface area contributed by atoms with E-state index in [2.05, 4.69) is 15.9 Å².